The minimum atomic E-state index is -0.932. The van der Waals surface area contributed by atoms with Gasteiger partial charge in [0.05, 0.1) is 30.2 Å². The monoisotopic (exact) mass is 440 g/mol. The molecule has 3 aliphatic rings. The zero-order valence-corrected chi connectivity index (χ0v) is 17.7. The smallest absolute Gasteiger partial charge is 0.307 e. The Morgan fingerprint density at radius 3 is 2.65 bits per heavy atom. The Morgan fingerprint density at radius 1 is 1.13 bits per heavy atom. The second-order valence-corrected chi connectivity index (χ2v) is 9.61. The molecule has 3 aliphatic carbocycles. The zero-order valence-electron chi connectivity index (χ0n) is 16.9. The van der Waals surface area contributed by atoms with E-state index in [1.807, 2.05) is 12.2 Å². The van der Waals surface area contributed by atoms with Gasteiger partial charge in [0.2, 0.25) is 5.91 Å². The van der Waals surface area contributed by atoms with Crippen molar-refractivity contribution in [2.24, 2.45) is 23.7 Å². The topological polar surface area (TPSA) is 109 Å². The Bertz CT molecular complexity index is 1050. The normalized spacial score (nSPS) is 25.9. The minimum absolute atomic E-state index is 0.0584. The number of rotatable bonds is 6. The number of allylic oxidation sites excluding steroid dienone is 2. The summed E-state index contributed by atoms with van der Waals surface area (Å²) in [5, 5.41) is 16.0. The van der Waals surface area contributed by atoms with Gasteiger partial charge in [0, 0.05) is 4.88 Å². The summed E-state index contributed by atoms with van der Waals surface area (Å²) in [6.45, 7) is 0.266. The van der Waals surface area contributed by atoms with Gasteiger partial charge < -0.3 is 20.2 Å². The molecule has 162 valence electrons. The Labute approximate surface area is 183 Å². The van der Waals surface area contributed by atoms with Gasteiger partial charge in [-0.1, -0.05) is 12.2 Å². The maximum atomic E-state index is 13.2. The van der Waals surface area contributed by atoms with Gasteiger partial charge >= 0.3 is 5.97 Å². The highest BCUT2D eigenvalue weighted by atomic mass is 32.1. The van der Waals surface area contributed by atoms with E-state index >= 15 is 0 Å². The first-order chi connectivity index (χ1) is 15.0. The third-order valence-electron chi connectivity index (χ3n) is 6.69. The average Bonchev–Trinajstić information content (AvgIpc) is 3.54. The maximum Gasteiger partial charge on any atom is 0.307 e. The SMILES string of the molecule is O=C(NCc1ccco1)c1c(NC(=O)[C@@H]2[C@H](C(=O)O)[C@H]3C=C[C@H]2C3)sc2c1CCCC2. The molecule has 4 atom stereocenters. The summed E-state index contributed by atoms with van der Waals surface area (Å²) < 4.78 is 5.29. The summed E-state index contributed by atoms with van der Waals surface area (Å²) in [4.78, 5) is 39.2. The largest absolute Gasteiger partial charge is 0.481 e. The number of amides is 2. The standard InChI is InChI=1S/C23H24N2O5S/c26-20(24-11-14-4-3-9-30-14)19-15-5-1-2-6-16(15)31-22(19)25-21(27)17-12-7-8-13(10-12)18(17)23(28)29/h3-4,7-9,12-13,17-18H,1-2,5-6,10-11H2,(H,24,26)(H,25,27)(H,28,29)/t12-,13-,17-,18+/m0/s1. The van der Waals surface area contributed by atoms with Gasteiger partial charge in [0.15, 0.2) is 0 Å². The fraction of sp³-hybridized carbons (Fsp3) is 0.435. The van der Waals surface area contributed by atoms with Crippen LogP contribution in [0.3, 0.4) is 0 Å². The number of nitrogens with one attached hydrogen (secondary N) is 2. The number of carbonyl (C=O) groups is 3. The van der Waals surface area contributed by atoms with Gasteiger partial charge in [-0.2, -0.15) is 0 Å². The Kier molecular flexibility index (Phi) is 5.17. The predicted molar refractivity (Wildman–Crippen MR) is 115 cm³/mol. The van der Waals surface area contributed by atoms with Crippen molar-refractivity contribution in [2.75, 3.05) is 5.32 Å². The van der Waals surface area contributed by atoms with Gasteiger partial charge in [-0.05, 0) is 61.6 Å². The maximum absolute atomic E-state index is 13.2. The first kappa shape index (κ1) is 20.1. The molecule has 2 heterocycles. The van der Waals surface area contributed by atoms with Crippen LogP contribution in [0.15, 0.2) is 35.0 Å². The van der Waals surface area contributed by atoms with Crippen molar-refractivity contribution < 1.29 is 23.9 Å². The number of aliphatic carboxylic acids is 1. The van der Waals surface area contributed by atoms with Gasteiger partial charge in [-0.15, -0.1) is 11.3 Å². The molecular weight excluding hydrogens is 416 g/mol. The molecule has 1 saturated carbocycles. The highest BCUT2D eigenvalue weighted by Gasteiger charge is 2.51. The van der Waals surface area contributed by atoms with E-state index in [1.165, 1.54) is 11.3 Å². The van der Waals surface area contributed by atoms with Crippen LogP contribution in [-0.4, -0.2) is 22.9 Å². The number of hydrogen-bond acceptors (Lipinski definition) is 5. The van der Waals surface area contributed by atoms with E-state index < -0.39 is 17.8 Å². The summed E-state index contributed by atoms with van der Waals surface area (Å²) in [6, 6.07) is 3.56. The van der Waals surface area contributed by atoms with Crippen molar-refractivity contribution in [2.45, 2.75) is 38.6 Å². The van der Waals surface area contributed by atoms with E-state index in [9.17, 15) is 19.5 Å². The Balaban J connectivity index is 1.40. The quantitative estimate of drug-likeness (QED) is 0.595. The fourth-order valence-corrected chi connectivity index (χ4v) is 6.56. The van der Waals surface area contributed by atoms with Gasteiger partial charge in [-0.3, -0.25) is 14.4 Å². The molecule has 2 amide bonds. The molecule has 3 N–H and O–H groups in total. The van der Waals surface area contributed by atoms with Crippen molar-refractivity contribution in [1.82, 2.24) is 5.32 Å². The van der Waals surface area contributed by atoms with Crippen molar-refractivity contribution in [3.05, 3.63) is 52.3 Å². The van der Waals surface area contributed by atoms with Crippen LogP contribution in [0.2, 0.25) is 0 Å². The lowest BCUT2D eigenvalue weighted by Gasteiger charge is -2.23. The molecule has 1 fully saturated rings. The lowest BCUT2D eigenvalue weighted by molar-refractivity contribution is -0.146. The first-order valence-electron chi connectivity index (χ1n) is 10.7. The lowest BCUT2D eigenvalue weighted by atomic mass is 9.82. The molecule has 2 bridgehead atoms. The number of carboxylic acids is 1. The van der Waals surface area contributed by atoms with Crippen molar-refractivity contribution in [1.29, 1.82) is 0 Å². The Morgan fingerprint density at radius 2 is 1.90 bits per heavy atom. The third kappa shape index (κ3) is 3.59. The molecule has 5 rings (SSSR count). The van der Waals surface area contributed by atoms with Gasteiger partial charge in [0.1, 0.15) is 10.8 Å². The number of carboxylic acid groups (broad SMARTS) is 1. The number of furan rings is 1. The van der Waals surface area contributed by atoms with Crippen LogP contribution in [-0.2, 0) is 29.0 Å². The molecular formula is C23H24N2O5S. The summed E-state index contributed by atoms with van der Waals surface area (Å²) in [7, 11) is 0. The molecule has 2 aromatic heterocycles. The highest BCUT2D eigenvalue weighted by Crippen LogP contribution is 2.49. The van der Waals surface area contributed by atoms with Crippen molar-refractivity contribution in [3.63, 3.8) is 0 Å². The number of anilines is 1. The molecule has 0 radical (unpaired) electrons. The first-order valence-corrected chi connectivity index (χ1v) is 11.5. The fourth-order valence-electron chi connectivity index (χ4n) is 5.27. The van der Waals surface area contributed by atoms with Crippen LogP contribution in [0.4, 0.5) is 5.00 Å². The molecule has 2 aromatic rings. The summed E-state index contributed by atoms with van der Waals surface area (Å²) in [5.41, 5.74) is 1.52. The summed E-state index contributed by atoms with van der Waals surface area (Å²) in [6.07, 6.45) is 9.91. The molecule has 31 heavy (non-hydrogen) atoms. The molecule has 0 saturated heterocycles. The number of carbonyl (C=O) groups excluding carboxylic acids is 2. The summed E-state index contributed by atoms with van der Waals surface area (Å²) in [5.74, 6) is -2.29. The molecule has 0 aliphatic heterocycles. The van der Waals surface area contributed by atoms with Crippen molar-refractivity contribution >= 4 is 34.1 Å². The number of hydrogen-bond donors (Lipinski definition) is 3. The van der Waals surface area contributed by atoms with Crippen LogP contribution < -0.4 is 10.6 Å². The molecule has 7 nitrogen and oxygen atoms in total. The van der Waals surface area contributed by atoms with Crippen LogP contribution in [0, 0.1) is 23.7 Å². The van der Waals surface area contributed by atoms with E-state index in [2.05, 4.69) is 10.6 Å². The van der Waals surface area contributed by atoms with E-state index in [0.29, 0.717) is 22.7 Å². The average molecular weight is 441 g/mol. The second-order valence-electron chi connectivity index (χ2n) is 8.50. The molecule has 0 unspecified atom stereocenters. The van der Waals surface area contributed by atoms with E-state index in [0.717, 1.165) is 36.1 Å². The van der Waals surface area contributed by atoms with Crippen LogP contribution in [0.5, 0.6) is 0 Å². The van der Waals surface area contributed by atoms with E-state index in [4.69, 9.17) is 4.42 Å². The number of aryl methyl sites for hydroxylation is 1. The molecule has 0 spiro atoms. The second kappa shape index (κ2) is 8.00. The van der Waals surface area contributed by atoms with Gasteiger partial charge in [-0.25, -0.2) is 0 Å². The lowest BCUT2D eigenvalue weighted by Crippen LogP contribution is -2.36. The molecule has 8 heteroatoms. The number of fused-ring (bicyclic) bond motifs is 3. The van der Waals surface area contributed by atoms with Crippen LogP contribution >= 0.6 is 11.3 Å². The highest BCUT2D eigenvalue weighted by molar-refractivity contribution is 7.17. The molecule has 0 aromatic carbocycles. The zero-order chi connectivity index (χ0) is 21.5. The van der Waals surface area contributed by atoms with E-state index in [-0.39, 0.29) is 30.2 Å². The van der Waals surface area contributed by atoms with Gasteiger partial charge in [0.25, 0.3) is 5.91 Å². The number of thiophene rings is 1. The van der Waals surface area contributed by atoms with Crippen molar-refractivity contribution in [3.8, 4) is 0 Å². The van der Waals surface area contributed by atoms with Crippen LogP contribution in [0.1, 0.15) is 45.8 Å². The third-order valence-corrected chi connectivity index (χ3v) is 7.89. The summed E-state index contributed by atoms with van der Waals surface area (Å²) >= 11 is 1.45. The minimum Gasteiger partial charge on any atom is -0.481 e. The Hall–Kier alpha value is -2.87. The van der Waals surface area contributed by atoms with Crippen LogP contribution in [0.25, 0.3) is 0 Å². The van der Waals surface area contributed by atoms with E-state index in [1.54, 1.807) is 18.4 Å². The predicted octanol–water partition coefficient (Wildman–Crippen LogP) is 3.61.